The van der Waals surface area contributed by atoms with E-state index >= 15 is 0 Å². The van der Waals surface area contributed by atoms with Crippen LogP contribution < -0.4 is 5.32 Å². The molecule has 118 valence electrons. The minimum absolute atomic E-state index is 0.0226. The van der Waals surface area contributed by atoms with Crippen LogP contribution in [-0.4, -0.2) is 27.0 Å². The van der Waals surface area contributed by atoms with Gasteiger partial charge in [0.15, 0.2) is 5.65 Å². The van der Waals surface area contributed by atoms with Crippen molar-refractivity contribution in [3.05, 3.63) is 53.9 Å². The molecule has 23 heavy (non-hydrogen) atoms. The number of aryl methyl sites for hydroxylation is 2. The highest BCUT2D eigenvalue weighted by atomic mass is 16.1. The van der Waals surface area contributed by atoms with Crippen molar-refractivity contribution in [3.63, 3.8) is 0 Å². The van der Waals surface area contributed by atoms with Crippen LogP contribution in [0.25, 0.3) is 16.6 Å². The van der Waals surface area contributed by atoms with Crippen molar-refractivity contribution < 1.29 is 4.79 Å². The van der Waals surface area contributed by atoms with Crippen LogP contribution in [0.1, 0.15) is 23.4 Å². The van der Waals surface area contributed by atoms with E-state index < -0.39 is 0 Å². The van der Waals surface area contributed by atoms with Gasteiger partial charge in [-0.15, -0.1) is 6.58 Å². The van der Waals surface area contributed by atoms with E-state index in [2.05, 4.69) is 17.0 Å². The third-order valence-electron chi connectivity index (χ3n) is 4.06. The fraction of sp³-hybridized carbons (Fsp3) is 0.278. The van der Waals surface area contributed by atoms with Crippen LogP contribution in [0.3, 0.4) is 0 Å². The third kappa shape index (κ3) is 2.82. The second kappa shape index (κ2) is 6.20. The van der Waals surface area contributed by atoms with Crippen LogP contribution in [0.4, 0.5) is 0 Å². The summed E-state index contributed by atoms with van der Waals surface area (Å²) in [5, 5.41) is 8.48. The molecule has 0 aliphatic heterocycles. The maximum Gasteiger partial charge on any atom is 0.220 e. The Morgan fingerprint density at radius 2 is 2.13 bits per heavy atom. The van der Waals surface area contributed by atoms with E-state index in [1.54, 1.807) is 6.08 Å². The number of hydrogen-bond donors (Lipinski definition) is 1. The monoisotopic (exact) mass is 308 g/mol. The Balaban J connectivity index is 1.96. The summed E-state index contributed by atoms with van der Waals surface area (Å²) in [6.07, 6.45) is 2.76. The van der Waals surface area contributed by atoms with E-state index in [0.717, 1.165) is 33.5 Å². The molecule has 0 spiro atoms. The molecule has 0 aliphatic carbocycles. The number of rotatable bonds is 5. The largest absolute Gasteiger partial charge is 0.353 e. The summed E-state index contributed by atoms with van der Waals surface area (Å²) in [5.74, 6) is 0.0226. The summed E-state index contributed by atoms with van der Waals surface area (Å²) in [6.45, 7) is 8.12. The molecule has 3 rings (SSSR count). The highest BCUT2D eigenvalue weighted by Crippen LogP contribution is 2.22. The molecule has 2 heterocycles. The van der Waals surface area contributed by atoms with Gasteiger partial charge in [-0.3, -0.25) is 4.79 Å². The predicted molar refractivity (Wildman–Crippen MR) is 91.5 cm³/mol. The number of nitrogens with one attached hydrogen (secondary N) is 1. The first-order valence-electron chi connectivity index (χ1n) is 7.73. The minimum Gasteiger partial charge on any atom is -0.353 e. The zero-order valence-corrected chi connectivity index (χ0v) is 13.5. The summed E-state index contributed by atoms with van der Waals surface area (Å²) in [7, 11) is 0. The molecule has 0 atom stereocenters. The molecule has 0 radical (unpaired) electrons. The zero-order valence-electron chi connectivity index (χ0n) is 13.5. The normalized spacial score (nSPS) is 11.0. The van der Waals surface area contributed by atoms with Crippen molar-refractivity contribution in [2.75, 3.05) is 6.54 Å². The lowest BCUT2D eigenvalue weighted by atomic mass is 10.1. The number of carbonyl (C=O) groups excluding carboxylic acids is 1. The molecule has 3 aromatic rings. The molecule has 5 heteroatoms. The van der Waals surface area contributed by atoms with E-state index in [9.17, 15) is 4.79 Å². The molecule has 0 saturated heterocycles. The van der Waals surface area contributed by atoms with Crippen LogP contribution >= 0.6 is 0 Å². The maximum atomic E-state index is 11.8. The lowest BCUT2D eigenvalue weighted by molar-refractivity contribution is -0.120. The van der Waals surface area contributed by atoms with Gasteiger partial charge < -0.3 is 5.32 Å². The van der Waals surface area contributed by atoms with Gasteiger partial charge in [0.05, 0.1) is 5.52 Å². The topological polar surface area (TPSA) is 59.3 Å². The zero-order chi connectivity index (χ0) is 16.4. The van der Waals surface area contributed by atoms with Gasteiger partial charge >= 0.3 is 0 Å². The fourth-order valence-electron chi connectivity index (χ4n) is 2.85. The number of fused-ring (bicyclic) bond motifs is 3. The number of carbonyl (C=O) groups is 1. The fourth-order valence-corrected chi connectivity index (χ4v) is 2.85. The predicted octanol–water partition coefficient (Wildman–Crippen LogP) is 2.73. The van der Waals surface area contributed by atoms with E-state index in [-0.39, 0.29) is 5.91 Å². The Morgan fingerprint density at radius 1 is 1.35 bits per heavy atom. The van der Waals surface area contributed by atoms with Gasteiger partial charge in [-0.1, -0.05) is 18.2 Å². The molecule has 0 bridgehead atoms. The van der Waals surface area contributed by atoms with Crippen molar-refractivity contribution in [3.8, 4) is 0 Å². The van der Waals surface area contributed by atoms with E-state index in [4.69, 9.17) is 4.98 Å². The van der Waals surface area contributed by atoms with Gasteiger partial charge in [-0.05, 0) is 38.0 Å². The first-order valence-corrected chi connectivity index (χ1v) is 7.73. The van der Waals surface area contributed by atoms with E-state index in [1.807, 2.05) is 42.6 Å². The molecular formula is C18H20N4O. The Hall–Kier alpha value is -2.69. The van der Waals surface area contributed by atoms with Crippen molar-refractivity contribution in [1.29, 1.82) is 0 Å². The van der Waals surface area contributed by atoms with Gasteiger partial charge in [-0.25, -0.2) is 9.50 Å². The molecule has 0 saturated carbocycles. The summed E-state index contributed by atoms with van der Waals surface area (Å²) < 4.78 is 1.88. The molecule has 0 fully saturated rings. The average molecular weight is 308 g/mol. The summed E-state index contributed by atoms with van der Waals surface area (Å²) in [5.41, 5.74) is 4.88. The number of aromatic nitrogens is 3. The van der Waals surface area contributed by atoms with Crippen LogP contribution in [0, 0.1) is 13.8 Å². The summed E-state index contributed by atoms with van der Waals surface area (Å²) in [6, 6.07) is 7.99. The summed E-state index contributed by atoms with van der Waals surface area (Å²) in [4.78, 5) is 16.5. The molecule has 0 aliphatic rings. The van der Waals surface area contributed by atoms with Crippen molar-refractivity contribution in [2.24, 2.45) is 0 Å². The highest BCUT2D eigenvalue weighted by Gasteiger charge is 2.14. The summed E-state index contributed by atoms with van der Waals surface area (Å²) >= 11 is 0. The number of benzene rings is 1. The van der Waals surface area contributed by atoms with Crippen LogP contribution in [-0.2, 0) is 11.2 Å². The number of nitrogens with zero attached hydrogens (tertiary/aromatic N) is 3. The molecule has 1 aromatic carbocycles. The van der Waals surface area contributed by atoms with Gasteiger partial charge in [0, 0.05) is 29.7 Å². The Morgan fingerprint density at radius 3 is 2.91 bits per heavy atom. The van der Waals surface area contributed by atoms with Gasteiger partial charge in [0.2, 0.25) is 5.91 Å². The van der Waals surface area contributed by atoms with E-state index in [1.165, 1.54) is 0 Å². The molecule has 0 unspecified atom stereocenters. The Kier molecular flexibility index (Phi) is 4.10. The Bertz CT molecular complexity index is 895. The molecular weight excluding hydrogens is 288 g/mol. The Labute approximate surface area is 135 Å². The highest BCUT2D eigenvalue weighted by molar-refractivity contribution is 5.92. The number of amides is 1. The molecule has 1 N–H and O–H groups in total. The number of hydrogen-bond acceptors (Lipinski definition) is 3. The van der Waals surface area contributed by atoms with Gasteiger partial charge in [0.25, 0.3) is 0 Å². The second-order valence-electron chi connectivity index (χ2n) is 5.61. The third-order valence-corrected chi connectivity index (χ3v) is 4.06. The molecule has 5 nitrogen and oxygen atoms in total. The van der Waals surface area contributed by atoms with Crippen LogP contribution in [0.5, 0.6) is 0 Å². The maximum absolute atomic E-state index is 11.8. The van der Waals surface area contributed by atoms with Gasteiger partial charge in [0.1, 0.15) is 0 Å². The molecule has 1 amide bonds. The lowest BCUT2D eigenvalue weighted by Crippen LogP contribution is -2.23. The minimum atomic E-state index is 0.0226. The quantitative estimate of drug-likeness (QED) is 0.737. The first-order chi connectivity index (χ1) is 11.1. The molecule has 2 aromatic heterocycles. The average Bonchev–Trinajstić information content (AvgIpc) is 2.91. The SMILES string of the molecule is C=CCNC(=O)CCc1c(C)nc2c3ccccc3nn2c1C. The van der Waals surface area contributed by atoms with Crippen molar-refractivity contribution in [1.82, 2.24) is 19.9 Å². The standard InChI is InChI=1S/C18H20N4O/c1-4-11-19-17(23)10-9-14-12(2)20-18-15-7-5-6-8-16(15)21-22(18)13(14)3/h4-8H,1,9-11H2,2-3H3,(H,19,23). The van der Waals surface area contributed by atoms with Crippen LogP contribution in [0.2, 0.25) is 0 Å². The van der Waals surface area contributed by atoms with E-state index in [0.29, 0.717) is 19.4 Å². The van der Waals surface area contributed by atoms with Crippen molar-refractivity contribution in [2.45, 2.75) is 26.7 Å². The smallest absolute Gasteiger partial charge is 0.220 e. The lowest BCUT2D eigenvalue weighted by Gasteiger charge is -2.11. The first kappa shape index (κ1) is 15.2. The van der Waals surface area contributed by atoms with Crippen molar-refractivity contribution >= 4 is 22.5 Å². The van der Waals surface area contributed by atoms with Gasteiger partial charge in [-0.2, -0.15) is 5.10 Å². The van der Waals surface area contributed by atoms with Crippen LogP contribution in [0.15, 0.2) is 36.9 Å². The second-order valence-corrected chi connectivity index (χ2v) is 5.61.